The number of ether oxygens (including phenoxy) is 1. The lowest BCUT2D eigenvalue weighted by Crippen LogP contribution is -2.32. The largest absolute Gasteiger partial charge is 0.387 e. The maximum Gasteiger partial charge on any atom is 0.156 e. The molecule has 0 saturated carbocycles. The van der Waals surface area contributed by atoms with Crippen molar-refractivity contribution in [3.05, 3.63) is 35.4 Å². The van der Waals surface area contributed by atoms with Crippen LogP contribution < -0.4 is 5.73 Å². The van der Waals surface area contributed by atoms with Crippen LogP contribution in [0.4, 0.5) is 0 Å². The van der Waals surface area contributed by atoms with Gasteiger partial charge in [0.1, 0.15) is 0 Å². The standard InChI is InChI=1S/C14H21NO4S/c15-9-11-1-3-12(4-2-11)14(16)10-20(17,18)13-5-7-19-8-6-13/h1-4,13-14,16H,5-10,15H2. The van der Waals surface area contributed by atoms with Gasteiger partial charge >= 0.3 is 0 Å². The van der Waals surface area contributed by atoms with E-state index < -0.39 is 21.2 Å². The summed E-state index contributed by atoms with van der Waals surface area (Å²) in [5.74, 6) is -0.236. The van der Waals surface area contributed by atoms with Crippen LogP contribution in [0.25, 0.3) is 0 Å². The predicted octanol–water partition coefficient (Wildman–Crippen LogP) is 0.772. The van der Waals surface area contributed by atoms with Crippen molar-refractivity contribution in [2.24, 2.45) is 5.73 Å². The van der Waals surface area contributed by atoms with E-state index in [1.807, 2.05) is 0 Å². The molecule has 1 fully saturated rings. The summed E-state index contributed by atoms with van der Waals surface area (Å²) in [6.07, 6.45) is 0.0390. The number of rotatable bonds is 5. The van der Waals surface area contributed by atoms with E-state index in [4.69, 9.17) is 10.5 Å². The monoisotopic (exact) mass is 299 g/mol. The van der Waals surface area contributed by atoms with Crippen molar-refractivity contribution >= 4 is 9.84 Å². The Kier molecular flexibility index (Phi) is 5.15. The summed E-state index contributed by atoms with van der Waals surface area (Å²) in [4.78, 5) is 0. The minimum atomic E-state index is -3.30. The molecule has 3 N–H and O–H groups in total. The Hall–Kier alpha value is -0.950. The SMILES string of the molecule is NCc1ccc(C(O)CS(=O)(=O)C2CCOCC2)cc1. The summed E-state index contributed by atoms with van der Waals surface area (Å²) >= 11 is 0. The van der Waals surface area contributed by atoms with Gasteiger partial charge < -0.3 is 15.6 Å². The smallest absolute Gasteiger partial charge is 0.156 e. The molecule has 0 aliphatic carbocycles. The third-order valence-corrected chi connectivity index (χ3v) is 5.93. The molecule has 2 rings (SSSR count). The van der Waals surface area contributed by atoms with Gasteiger partial charge in [-0.05, 0) is 24.0 Å². The zero-order chi connectivity index (χ0) is 14.6. The highest BCUT2D eigenvalue weighted by atomic mass is 32.2. The number of hydrogen-bond donors (Lipinski definition) is 2. The Balaban J connectivity index is 2.03. The fourth-order valence-electron chi connectivity index (χ4n) is 2.36. The van der Waals surface area contributed by atoms with E-state index in [-0.39, 0.29) is 5.75 Å². The Morgan fingerprint density at radius 1 is 1.25 bits per heavy atom. The molecular weight excluding hydrogens is 278 g/mol. The molecule has 0 amide bonds. The molecule has 112 valence electrons. The Labute approximate surface area is 119 Å². The fraction of sp³-hybridized carbons (Fsp3) is 0.571. The Morgan fingerprint density at radius 3 is 2.40 bits per heavy atom. The molecule has 5 nitrogen and oxygen atoms in total. The molecule has 6 heteroatoms. The van der Waals surface area contributed by atoms with E-state index in [1.54, 1.807) is 24.3 Å². The van der Waals surface area contributed by atoms with Gasteiger partial charge in [0, 0.05) is 19.8 Å². The molecule has 1 aliphatic heterocycles. The minimum absolute atomic E-state index is 0.236. The quantitative estimate of drug-likeness (QED) is 0.838. The second-order valence-corrected chi connectivity index (χ2v) is 7.43. The highest BCUT2D eigenvalue weighted by Gasteiger charge is 2.30. The lowest BCUT2D eigenvalue weighted by atomic mass is 10.1. The average molecular weight is 299 g/mol. The fourth-order valence-corrected chi connectivity index (χ4v) is 4.18. The van der Waals surface area contributed by atoms with Crippen molar-refractivity contribution in [2.75, 3.05) is 19.0 Å². The molecule has 0 bridgehead atoms. The summed E-state index contributed by atoms with van der Waals surface area (Å²) in [7, 11) is -3.30. The number of benzene rings is 1. The second-order valence-electron chi connectivity index (χ2n) is 5.10. The van der Waals surface area contributed by atoms with Gasteiger partial charge in [-0.25, -0.2) is 8.42 Å². The van der Waals surface area contributed by atoms with E-state index in [0.29, 0.717) is 38.2 Å². The third-order valence-electron chi connectivity index (χ3n) is 3.67. The van der Waals surface area contributed by atoms with Gasteiger partial charge in [-0.3, -0.25) is 0 Å². The molecule has 1 aromatic rings. The summed E-state index contributed by atoms with van der Waals surface area (Å²) in [5, 5.41) is 9.71. The molecule has 1 unspecified atom stereocenters. The zero-order valence-electron chi connectivity index (χ0n) is 11.4. The number of hydrogen-bond acceptors (Lipinski definition) is 5. The van der Waals surface area contributed by atoms with Crippen molar-refractivity contribution in [1.29, 1.82) is 0 Å². The zero-order valence-corrected chi connectivity index (χ0v) is 12.2. The van der Waals surface area contributed by atoms with Crippen LogP contribution in [0.5, 0.6) is 0 Å². The van der Waals surface area contributed by atoms with Gasteiger partial charge in [-0.15, -0.1) is 0 Å². The third kappa shape index (κ3) is 3.79. The van der Waals surface area contributed by atoms with Crippen LogP contribution in [0.1, 0.15) is 30.1 Å². The molecule has 20 heavy (non-hydrogen) atoms. The van der Waals surface area contributed by atoms with Gasteiger partial charge in [0.15, 0.2) is 9.84 Å². The van der Waals surface area contributed by atoms with Crippen LogP contribution >= 0.6 is 0 Å². The first-order valence-electron chi connectivity index (χ1n) is 6.79. The first kappa shape index (κ1) is 15.4. The van der Waals surface area contributed by atoms with Crippen molar-refractivity contribution in [3.8, 4) is 0 Å². The van der Waals surface area contributed by atoms with Crippen LogP contribution in [-0.4, -0.2) is 37.7 Å². The van der Waals surface area contributed by atoms with Crippen LogP contribution in [-0.2, 0) is 21.1 Å². The second kappa shape index (κ2) is 6.67. The highest BCUT2D eigenvalue weighted by molar-refractivity contribution is 7.92. The first-order chi connectivity index (χ1) is 9.53. The average Bonchev–Trinajstić information content (AvgIpc) is 2.48. The van der Waals surface area contributed by atoms with Gasteiger partial charge in [-0.1, -0.05) is 24.3 Å². The summed E-state index contributed by atoms with van der Waals surface area (Å²) in [6.45, 7) is 1.38. The lowest BCUT2D eigenvalue weighted by molar-refractivity contribution is 0.0980. The molecule has 1 atom stereocenters. The van der Waals surface area contributed by atoms with Gasteiger partial charge in [-0.2, -0.15) is 0 Å². The van der Waals surface area contributed by atoms with Crippen molar-refractivity contribution in [3.63, 3.8) is 0 Å². The number of sulfone groups is 1. The highest BCUT2D eigenvalue weighted by Crippen LogP contribution is 2.22. The maximum atomic E-state index is 12.3. The maximum absolute atomic E-state index is 12.3. The number of aliphatic hydroxyl groups excluding tert-OH is 1. The summed E-state index contributed by atoms with van der Waals surface area (Å²) in [6, 6.07) is 7.07. The topological polar surface area (TPSA) is 89.6 Å². The van der Waals surface area contributed by atoms with E-state index in [1.165, 1.54) is 0 Å². The lowest BCUT2D eigenvalue weighted by Gasteiger charge is -2.23. The van der Waals surface area contributed by atoms with Gasteiger partial charge in [0.25, 0.3) is 0 Å². The van der Waals surface area contributed by atoms with Crippen molar-refractivity contribution in [1.82, 2.24) is 0 Å². The normalized spacial score (nSPS) is 18.9. The number of nitrogens with two attached hydrogens (primary N) is 1. The van der Waals surface area contributed by atoms with Crippen LogP contribution in [0.3, 0.4) is 0 Å². The van der Waals surface area contributed by atoms with Gasteiger partial charge in [0.05, 0.1) is 17.1 Å². The molecule has 1 saturated heterocycles. The van der Waals surface area contributed by atoms with Crippen LogP contribution in [0.2, 0.25) is 0 Å². The first-order valence-corrected chi connectivity index (χ1v) is 8.51. The van der Waals surface area contributed by atoms with Crippen LogP contribution in [0.15, 0.2) is 24.3 Å². The van der Waals surface area contributed by atoms with E-state index in [0.717, 1.165) is 5.56 Å². The molecule has 1 heterocycles. The molecule has 0 spiro atoms. The molecular formula is C14H21NO4S. The Morgan fingerprint density at radius 2 is 1.85 bits per heavy atom. The van der Waals surface area contributed by atoms with Crippen LogP contribution in [0, 0.1) is 0 Å². The van der Waals surface area contributed by atoms with E-state index >= 15 is 0 Å². The molecule has 1 aliphatic rings. The molecule has 1 aromatic carbocycles. The Bertz CT molecular complexity index is 521. The molecule has 0 aromatic heterocycles. The predicted molar refractivity (Wildman–Crippen MR) is 76.9 cm³/mol. The van der Waals surface area contributed by atoms with Gasteiger partial charge in [0.2, 0.25) is 0 Å². The van der Waals surface area contributed by atoms with Crippen molar-refractivity contribution < 1.29 is 18.3 Å². The summed E-state index contributed by atoms with van der Waals surface area (Å²) < 4.78 is 29.7. The van der Waals surface area contributed by atoms with E-state index in [2.05, 4.69) is 0 Å². The minimum Gasteiger partial charge on any atom is -0.387 e. The number of aliphatic hydroxyl groups is 1. The van der Waals surface area contributed by atoms with E-state index in [9.17, 15) is 13.5 Å². The summed E-state index contributed by atoms with van der Waals surface area (Å²) in [5.41, 5.74) is 7.07. The van der Waals surface area contributed by atoms with Crippen molar-refractivity contribution in [2.45, 2.75) is 30.7 Å². The molecule has 0 radical (unpaired) electrons.